The second kappa shape index (κ2) is 6.76. The third-order valence-electron chi connectivity index (χ3n) is 2.72. The molecule has 7 heteroatoms. The summed E-state index contributed by atoms with van der Waals surface area (Å²) in [5.74, 6) is -0.421. The molecule has 4 N–H and O–H groups in total. The van der Waals surface area contributed by atoms with E-state index >= 15 is 0 Å². The molecule has 2 amide bonds. The smallest absolute Gasteiger partial charge is 0.411 e. The Morgan fingerprint density at radius 3 is 2.48 bits per heavy atom. The van der Waals surface area contributed by atoms with Gasteiger partial charge >= 0.3 is 6.09 Å². The van der Waals surface area contributed by atoms with E-state index in [1.165, 1.54) is 18.4 Å². The summed E-state index contributed by atoms with van der Waals surface area (Å²) in [5.41, 5.74) is 7.28. The monoisotopic (exact) mass is 305 g/mol. The number of benzene rings is 1. The molecule has 0 spiro atoms. The number of thiophene rings is 1. The highest BCUT2D eigenvalue weighted by Crippen LogP contribution is 2.18. The lowest BCUT2D eigenvalue weighted by molar-refractivity contribution is 0.100. The molecule has 0 unspecified atom stereocenters. The van der Waals surface area contributed by atoms with Crippen LogP contribution in [0, 0.1) is 0 Å². The first-order valence-corrected chi connectivity index (χ1v) is 7.02. The fourth-order valence-corrected chi connectivity index (χ4v) is 2.45. The molecule has 110 valence electrons. The van der Waals surface area contributed by atoms with E-state index in [9.17, 15) is 9.59 Å². The van der Waals surface area contributed by atoms with Gasteiger partial charge in [-0.05, 0) is 30.3 Å². The molecule has 0 saturated carbocycles. The molecular weight excluding hydrogens is 290 g/mol. The van der Waals surface area contributed by atoms with E-state index in [0.717, 1.165) is 10.6 Å². The first-order chi connectivity index (χ1) is 10.1. The Morgan fingerprint density at radius 1 is 1.24 bits per heavy atom. The quantitative estimate of drug-likeness (QED) is 0.791. The molecule has 0 saturated heterocycles. The molecule has 2 aromatic rings. The summed E-state index contributed by atoms with van der Waals surface area (Å²) in [6, 6.07) is 8.99. The molecule has 1 aromatic heterocycles. The Balaban J connectivity index is 1.91. The van der Waals surface area contributed by atoms with Crippen molar-refractivity contribution < 1.29 is 14.3 Å². The van der Waals surface area contributed by atoms with Crippen molar-refractivity contribution in [1.29, 1.82) is 0 Å². The van der Waals surface area contributed by atoms with Crippen molar-refractivity contribution in [3.63, 3.8) is 0 Å². The Bertz CT molecular complexity index is 637. The number of primary amides is 1. The topological polar surface area (TPSA) is 93.4 Å². The van der Waals surface area contributed by atoms with Crippen LogP contribution in [0.5, 0.6) is 0 Å². The van der Waals surface area contributed by atoms with Gasteiger partial charge in [0.1, 0.15) is 0 Å². The Labute approximate surface area is 125 Å². The van der Waals surface area contributed by atoms with Crippen molar-refractivity contribution in [3.8, 4) is 0 Å². The zero-order valence-electron chi connectivity index (χ0n) is 11.4. The summed E-state index contributed by atoms with van der Waals surface area (Å²) in [5, 5.41) is 7.53. The summed E-state index contributed by atoms with van der Waals surface area (Å²) in [6.45, 7) is 0.599. The van der Waals surface area contributed by atoms with Gasteiger partial charge in [-0.3, -0.25) is 10.1 Å². The van der Waals surface area contributed by atoms with Gasteiger partial charge < -0.3 is 15.8 Å². The van der Waals surface area contributed by atoms with Crippen LogP contribution in [0.1, 0.15) is 15.2 Å². The van der Waals surface area contributed by atoms with E-state index in [1.807, 2.05) is 12.1 Å². The number of amides is 2. The van der Waals surface area contributed by atoms with Crippen LogP contribution in [0.3, 0.4) is 0 Å². The molecule has 0 aliphatic carbocycles. The molecule has 1 heterocycles. The molecule has 0 fully saturated rings. The minimum atomic E-state index is -0.506. The van der Waals surface area contributed by atoms with Crippen molar-refractivity contribution in [2.24, 2.45) is 5.73 Å². The predicted octanol–water partition coefficient (Wildman–Crippen LogP) is 2.64. The average molecular weight is 305 g/mol. The van der Waals surface area contributed by atoms with Gasteiger partial charge in [0.05, 0.1) is 12.7 Å². The lowest BCUT2D eigenvalue weighted by Gasteiger charge is -2.07. The number of carbonyl (C=O) groups is 2. The zero-order valence-corrected chi connectivity index (χ0v) is 12.2. The summed E-state index contributed by atoms with van der Waals surface area (Å²) in [4.78, 5) is 23.1. The van der Waals surface area contributed by atoms with Gasteiger partial charge in [-0.1, -0.05) is 0 Å². The van der Waals surface area contributed by atoms with E-state index in [0.29, 0.717) is 17.8 Å². The molecule has 0 atom stereocenters. The van der Waals surface area contributed by atoms with Crippen LogP contribution in [0.15, 0.2) is 35.7 Å². The minimum absolute atomic E-state index is 0.421. The number of anilines is 2. The zero-order chi connectivity index (χ0) is 15.2. The van der Waals surface area contributed by atoms with Crippen LogP contribution < -0.4 is 16.4 Å². The van der Waals surface area contributed by atoms with Crippen molar-refractivity contribution in [3.05, 3.63) is 46.2 Å². The highest BCUT2D eigenvalue weighted by atomic mass is 32.1. The van der Waals surface area contributed by atoms with Crippen molar-refractivity contribution in [2.45, 2.75) is 6.54 Å². The van der Waals surface area contributed by atoms with Gasteiger partial charge in [-0.2, -0.15) is 0 Å². The summed E-state index contributed by atoms with van der Waals surface area (Å²) < 4.78 is 4.51. The molecule has 1 aromatic carbocycles. The largest absolute Gasteiger partial charge is 0.453 e. The highest BCUT2D eigenvalue weighted by molar-refractivity contribution is 7.10. The molecule has 6 nitrogen and oxygen atoms in total. The maximum Gasteiger partial charge on any atom is 0.411 e. The normalized spacial score (nSPS) is 9.95. The lowest BCUT2D eigenvalue weighted by atomic mass is 10.2. The number of hydrogen-bond donors (Lipinski definition) is 3. The number of nitrogens with two attached hydrogens (primary N) is 1. The molecular formula is C14H15N3O3S. The van der Waals surface area contributed by atoms with Gasteiger partial charge in [0.2, 0.25) is 5.91 Å². The third kappa shape index (κ3) is 4.22. The van der Waals surface area contributed by atoms with Crippen molar-refractivity contribution in [2.75, 3.05) is 17.7 Å². The molecule has 2 rings (SSSR count). The van der Waals surface area contributed by atoms with Crippen molar-refractivity contribution in [1.82, 2.24) is 0 Å². The molecule has 21 heavy (non-hydrogen) atoms. The maximum absolute atomic E-state index is 11.0. The van der Waals surface area contributed by atoms with Crippen molar-refractivity contribution >= 4 is 34.7 Å². The minimum Gasteiger partial charge on any atom is -0.453 e. The fourth-order valence-electron chi connectivity index (χ4n) is 1.63. The van der Waals surface area contributed by atoms with Gasteiger partial charge in [0, 0.05) is 28.2 Å². The van der Waals surface area contributed by atoms with Crippen LogP contribution >= 0.6 is 11.3 Å². The van der Waals surface area contributed by atoms with E-state index in [2.05, 4.69) is 15.4 Å². The first kappa shape index (κ1) is 14.9. The van der Waals surface area contributed by atoms with Crippen LogP contribution in [-0.2, 0) is 11.3 Å². The number of hydrogen-bond acceptors (Lipinski definition) is 5. The number of ether oxygens (including phenoxy) is 1. The van der Waals surface area contributed by atoms with E-state index in [-0.39, 0.29) is 0 Å². The molecule has 0 aliphatic rings. The van der Waals surface area contributed by atoms with Gasteiger partial charge in [0.25, 0.3) is 0 Å². The predicted molar refractivity (Wildman–Crippen MR) is 82.6 cm³/mol. The summed E-state index contributed by atoms with van der Waals surface area (Å²) in [7, 11) is 1.31. The Morgan fingerprint density at radius 2 is 1.90 bits per heavy atom. The molecule has 0 aliphatic heterocycles. The van der Waals surface area contributed by atoms with Gasteiger partial charge in [-0.25, -0.2) is 4.79 Å². The summed E-state index contributed by atoms with van der Waals surface area (Å²) >= 11 is 1.47. The number of nitrogens with one attached hydrogen (secondary N) is 2. The number of carbonyl (C=O) groups excluding carboxylic acids is 2. The maximum atomic E-state index is 11.0. The van der Waals surface area contributed by atoms with Crippen LogP contribution in [-0.4, -0.2) is 19.1 Å². The third-order valence-corrected chi connectivity index (χ3v) is 3.66. The van der Waals surface area contributed by atoms with Gasteiger partial charge in [0.15, 0.2) is 0 Å². The average Bonchev–Trinajstić information content (AvgIpc) is 2.95. The van der Waals surface area contributed by atoms with Crippen LogP contribution in [0.4, 0.5) is 16.2 Å². The Kier molecular flexibility index (Phi) is 4.78. The first-order valence-electron chi connectivity index (χ1n) is 6.14. The summed E-state index contributed by atoms with van der Waals surface area (Å²) in [6.07, 6.45) is -0.506. The lowest BCUT2D eigenvalue weighted by Crippen LogP contribution is -2.10. The fraction of sp³-hybridized carbons (Fsp3) is 0.143. The van der Waals surface area contributed by atoms with Gasteiger partial charge in [-0.15, -0.1) is 11.3 Å². The SMILES string of the molecule is COC(=O)Nc1ccc(NCc2cc(C(N)=O)cs2)cc1. The van der Waals surface area contributed by atoms with Crippen LogP contribution in [0.2, 0.25) is 0 Å². The standard InChI is InChI=1S/C14H15N3O3S/c1-20-14(19)17-11-4-2-10(3-5-11)16-7-12-6-9(8-21-12)13(15)18/h2-6,8,16H,7H2,1H3,(H2,15,18)(H,17,19). The number of rotatable bonds is 5. The molecule has 0 bridgehead atoms. The van der Waals surface area contributed by atoms with E-state index in [1.54, 1.807) is 23.6 Å². The second-order valence-electron chi connectivity index (χ2n) is 4.21. The van der Waals surface area contributed by atoms with E-state index in [4.69, 9.17) is 5.73 Å². The van der Waals surface area contributed by atoms with E-state index < -0.39 is 12.0 Å². The number of methoxy groups -OCH3 is 1. The Hall–Kier alpha value is -2.54. The highest BCUT2D eigenvalue weighted by Gasteiger charge is 2.05. The molecule has 0 radical (unpaired) electrons. The van der Waals surface area contributed by atoms with Crippen LogP contribution in [0.25, 0.3) is 0 Å². The second-order valence-corrected chi connectivity index (χ2v) is 5.21.